The molecule has 0 saturated carbocycles. The van der Waals surface area contributed by atoms with E-state index in [2.05, 4.69) is 9.88 Å². The first kappa shape index (κ1) is 15.4. The number of ketones is 1. The van der Waals surface area contributed by atoms with Gasteiger partial charge in [0.25, 0.3) is 5.91 Å². The van der Waals surface area contributed by atoms with Crippen molar-refractivity contribution in [2.45, 2.75) is 31.1 Å². The van der Waals surface area contributed by atoms with Gasteiger partial charge in [-0.05, 0) is 42.4 Å². The van der Waals surface area contributed by atoms with E-state index >= 15 is 0 Å². The number of nitrogens with two attached hydrogens (primary N) is 1. The second-order valence-corrected chi connectivity index (χ2v) is 6.99. The fraction of sp³-hybridized carbons (Fsp3) is 0.389. The lowest BCUT2D eigenvalue weighted by Gasteiger charge is -2.26. The van der Waals surface area contributed by atoms with Crippen LogP contribution in [-0.2, 0) is 17.6 Å². The number of allylic oxidation sites excluding steroid dienone is 2. The van der Waals surface area contributed by atoms with Crippen molar-refractivity contribution in [2.75, 3.05) is 11.4 Å². The molecule has 2 heterocycles. The Bertz CT molecular complexity index is 800. The van der Waals surface area contributed by atoms with Gasteiger partial charge >= 0.3 is 0 Å². The van der Waals surface area contributed by atoms with Gasteiger partial charge in [0.15, 0.2) is 5.78 Å². The van der Waals surface area contributed by atoms with E-state index in [4.69, 9.17) is 17.3 Å². The molecule has 4 rings (SSSR count). The highest BCUT2D eigenvalue weighted by Crippen LogP contribution is 2.37. The maximum absolute atomic E-state index is 12.3. The van der Waals surface area contributed by atoms with Crippen LogP contribution < -0.4 is 10.6 Å². The van der Waals surface area contributed by atoms with Crippen molar-refractivity contribution in [1.82, 2.24) is 4.98 Å². The Labute approximate surface area is 145 Å². The Morgan fingerprint density at radius 3 is 2.79 bits per heavy atom. The van der Waals surface area contributed by atoms with Gasteiger partial charge in [-0.2, -0.15) is 0 Å². The standard InChI is InChI=1S/C18H18ClN3O2/c19-14-6-5-10-8-22(9-13(10)17(14)23)15-7-21-16(18(20)24)12-4-2-1-3-11(12)15/h5-8,13-14H,1-4,9H2,(H2,20,24). The van der Waals surface area contributed by atoms with E-state index in [1.807, 2.05) is 12.3 Å². The summed E-state index contributed by atoms with van der Waals surface area (Å²) in [5, 5.41) is -0.545. The molecule has 5 nitrogen and oxygen atoms in total. The predicted octanol–water partition coefficient (Wildman–Crippen LogP) is 2.13. The molecule has 1 aliphatic heterocycles. The third-order valence-corrected chi connectivity index (χ3v) is 5.44. The zero-order valence-corrected chi connectivity index (χ0v) is 13.9. The number of rotatable bonds is 2. The number of aromatic nitrogens is 1. The highest BCUT2D eigenvalue weighted by atomic mass is 35.5. The highest BCUT2D eigenvalue weighted by Gasteiger charge is 2.36. The van der Waals surface area contributed by atoms with Crippen LogP contribution in [0.4, 0.5) is 5.69 Å². The van der Waals surface area contributed by atoms with E-state index in [-0.39, 0.29) is 11.7 Å². The quantitative estimate of drug-likeness (QED) is 0.834. The number of halogens is 1. The van der Waals surface area contributed by atoms with Crippen molar-refractivity contribution in [3.05, 3.63) is 46.9 Å². The van der Waals surface area contributed by atoms with Crippen LogP contribution >= 0.6 is 11.6 Å². The van der Waals surface area contributed by atoms with Crippen LogP contribution in [-0.4, -0.2) is 28.6 Å². The number of Topliss-reactive ketones (excluding diaryl/α,β-unsaturated/α-hetero) is 1. The summed E-state index contributed by atoms with van der Waals surface area (Å²) in [5.41, 5.74) is 9.93. The monoisotopic (exact) mass is 343 g/mol. The summed E-state index contributed by atoms with van der Waals surface area (Å²) in [4.78, 5) is 30.3. The SMILES string of the molecule is NC(=O)c1ncc(N2C=C3C=CC(Cl)C(=O)C3C2)c2c1CCCC2. The van der Waals surface area contributed by atoms with Crippen LogP contribution in [0.2, 0.25) is 0 Å². The minimum Gasteiger partial charge on any atom is -0.364 e. The molecule has 0 radical (unpaired) electrons. The first-order valence-corrected chi connectivity index (χ1v) is 8.65. The van der Waals surface area contributed by atoms with E-state index in [1.165, 1.54) is 0 Å². The molecular weight excluding hydrogens is 326 g/mol. The van der Waals surface area contributed by atoms with Crippen molar-refractivity contribution in [3.63, 3.8) is 0 Å². The van der Waals surface area contributed by atoms with Crippen molar-refractivity contribution in [2.24, 2.45) is 11.7 Å². The molecule has 1 aromatic rings. The average Bonchev–Trinajstić information content (AvgIpc) is 3.02. The zero-order valence-electron chi connectivity index (χ0n) is 13.2. The predicted molar refractivity (Wildman–Crippen MR) is 92.1 cm³/mol. The molecule has 0 spiro atoms. The summed E-state index contributed by atoms with van der Waals surface area (Å²) < 4.78 is 0. The number of primary amides is 1. The van der Waals surface area contributed by atoms with E-state index in [0.717, 1.165) is 48.1 Å². The zero-order chi connectivity index (χ0) is 16.8. The number of fused-ring (bicyclic) bond motifs is 2. The Balaban J connectivity index is 1.74. The number of carbonyl (C=O) groups excluding carboxylic acids is 2. The minimum atomic E-state index is -0.545. The molecule has 3 aliphatic rings. The lowest BCUT2D eigenvalue weighted by atomic mass is 9.89. The van der Waals surface area contributed by atoms with Gasteiger partial charge in [-0.3, -0.25) is 9.59 Å². The normalized spacial score (nSPS) is 25.3. The molecule has 2 aliphatic carbocycles. The van der Waals surface area contributed by atoms with Gasteiger partial charge < -0.3 is 10.6 Å². The third kappa shape index (κ3) is 2.35. The fourth-order valence-electron chi connectivity index (χ4n) is 3.88. The van der Waals surface area contributed by atoms with E-state index in [1.54, 1.807) is 12.3 Å². The molecule has 0 aromatic carbocycles. The first-order chi connectivity index (χ1) is 11.6. The molecule has 0 fully saturated rings. The number of amides is 1. The van der Waals surface area contributed by atoms with Crippen LogP contribution in [0.15, 0.2) is 30.1 Å². The van der Waals surface area contributed by atoms with Gasteiger partial charge in [0, 0.05) is 12.7 Å². The summed E-state index contributed by atoms with van der Waals surface area (Å²) in [5.74, 6) is -0.618. The van der Waals surface area contributed by atoms with E-state index in [9.17, 15) is 9.59 Å². The second-order valence-electron chi connectivity index (χ2n) is 6.52. The number of alkyl halides is 1. The maximum Gasteiger partial charge on any atom is 0.267 e. The van der Waals surface area contributed by atoms with Crippen molar-refractivity contribution in [3.8, 4) is 0 Å². The van der Waals surface area contributed by atoms with Gasteiger partial charge in [-0.1, -0.05) is 12.2 Å². The van der Waals surface area contributed by atoms with Gasteiger partial charge in [0.1, 0.15) is 11.1 Å². The van der Waals surface area contributed by atoms with E-state index < -0.39 is 11.3 Å². The summed E-state index contributed by atoms with van der Waals surface area (Å²) in [6.07, 6.45) is 11.2. The van der Waals surface area contributed by atoms with Gasteiger partial charge in [0.2, 0.25) is 0 Å². The van der Waals surface area contributed by atoms with Crippen LogP contribution in [0.1, 0.15) is 34.5 Å². The summed E-state index contributed by atoms with van der Waals surface area (Å²) in [7, 11) is 0. The molecule has 1 aromatic heterocycles. The highest BCUT2D eigenvalue weighted by molar-refractivity contribution is 6.33. The van der Waals surface area contributed by atoms with Crippen LogP contribution in [0.5, 0.6) is 0 Å². The summed E-state index contributed by atoms with van der Waals surface area (Å²) in [6.45, 7) is 0.575. The van der Waals surface area contributed by atoms with Gasteiger partial charge in [-0.15, -0.1) is 11.6 Å². The largest absolute Gasteiger partial charge is 0.364 e. The minimum absolute atomic E-state index is 0.0449. The number of nitrogens with zero attached hydrogens (tertiary/aromatic N) is 2. The number of anilines is 1. The topological polar surface area (TPSA) is 76.3 Å². The summed E-state index contributed by atoms with van der Waals surface area (Å²) in [6, 6.07) is 0. The number of hydrogen-bond donors (Lipinski definition) is 1. The third-order valence-electron chi connectivity index (χ3n) is 5.08. The molecule has 2 N–H and O–H groups in total. The molecule has 2 atom stereocenters. The van der Waals surface area contributed by atoms with Gasteiger partial charge in [-0.25, -0.2) is 4.98 Å². The molecule has 6 heteroatoms. The Morgan fingerprint density at radius 1 is 1.29 bits per heavy atom. The smallest absolute Gasteiger partial charge is 0.267 e. The molecule has 2 unspecified atom stereocenters. The van der Waals surface area contributed by atoms with Crippen molar-refractivity contribution >= 4 is 29.0 Å². The van der Waals surface area contributed by atoms with Crippen LogP contribution in [0.25, 0.3) is 0 Å². The Hall–Kier alpha value is -2.14. The number of pyridine rings is 1. The fourth-order valence-corrected chi connectivity index (χ4v) is 4.10. The molecule has 24 heavy (non-hydrogen) atoms. The first-order valence-electron chi connectivity index (χ1n) is 8.21. The maximum atomic E-state index is 12.3. The molecule has 124 valence electrons. The van der Waals surface area contributed by atoms with Crippen molar-refractivity contribution < 1.29 is 9.59 Å². The number of hydrogen-bond acceptors (Lipinski definition) is 4. The average molecular weight is 344 g/mol. The molecular formula is C18H18ClN3O2. The van der Waals surface area contributed by atoms with E-state index in [0.29, 0.717) is 12.2 Å². The molecule has 0 bridgehead atoms. The second kappa shape index (κ2) is 5.74. The molecule has 0 saturated heterocycles. The number of carbonyl (C=O) groups is 2. The Kier molecular flexibility index (Phi) is 3.68. The van der Waals surface area contributed by atoms with Crippen LogP contribution in [0.3, 0.4) is 0 Å². The van der Waals surface area contributed by atoms with Crippen LogP contribution in [0, 0.1) is 5.92 Å². The Morgan fingerprint density at radius 2 is 2.04 bits per heavy atom. The molecule has 1 amide bonds. The summed E-state index contributed by atoms with van der Waals surface area (Å²) >= 11 is 6.05. The lowest BCUT2D eigenvalue weighted by Crippen LogP contribution is -2.31. The van der Waals surface area contributed by atoms with Crippen molar-refractivity contribution in [1.29, 1.82) is 0 Å². The van der Waals surface area contributed by atoms with Gasteiger partial charge in [0.05, 0.1) is 17.8 Å². The lowest BCUT2D eigenvalue weighted by molar-refractivity contribution is -0.120.